The van der Waals surface area contributed by atoms with E-state index in [1.165, 1.54) is 0 Å². The molecule has 0 atom stereocenters. The average Bonchev–Trinajstić information content (AvgIpc) is 2.62. The largest absolute Gasteiger partial charge is 0.297 e. The Labute approximate surface area is 94.3 Å². The van der Waals surface area contributed by atoms with E-state index in [1.807, 2.05) is 36.4 Å². The first kappa shape index (κ1) is 9.98. The molecule has 0 amide bonds. The van der Waals surface area contributed by atoms with Crippen LogP contribution in [0, 0.1) is 0 Å². The zero-order chi connectivity index (χ0) is 10.7. The van der Waals surface area contributed by atoms with Crippen molar-refractivity contribution in [1.29, 1.82) is 0 Å². The van der Waals surface area contributed by atoms with Gasteiger partial charge in [-0.1, -0.05) is 46.3 Å². The van der Waals surface area contributed by atoms with Crippen LogP contribution in [0.5, 0.6) is 0 Å². The molecule has 0 fully saturated rings. The Bertz CT molecular complexity index is 610. The lowest BCUT2D eigenvalue weighted by atomic mass is 10.2. The standard InChI is InChI=1S/C11H9BrN2O/c12-7-10-9(11(15)14-13-10)6-8-4-2-1-3-5-8/h1-7,13H,(H,14,15)/b9-6-,10-7-. The van der Waals surface area contributed by atoms with Crippen molar-refractivity contribution in [1.82, 2.24) is 10.2 Å². The van der Waals surface area contributed by atoms with Crippen molar-refractivity contribution in [2.24, 2.45) is 0 Å². The van der Waals surface area contributed by atoms with E-state index in [4.69, 9.17) is 0 Å². The Morgan fingerprint density at radius 2 is 1.87 bits per heavy atom. The number of hydrogen-bond acceptors (Lipinski definition) is 1. The molecule has 0 aliphatic heterocycles. The van der Waals surface area contributed by atoms with Gasteiger partial charge in [0.15, 0.2) is 0 Å². The van der Waals surface area contributed by atoms with Crippen LogP contribution in [0.2, 0.25) is 0 Å². The van der Waals surface area contributed by atoms with Gasteiger partial charge in [-0.25, -0.2) is 0 Å². The van der Waals surface area contributed by atoms with Gasteiger partial charge in [0.25, 0.3) is 5.56 Å². The number of halogens is 1. The normalized spacial score (nSPS) is 13.4. The second-order valence-electron chi connectivity index (χ2n) is 3.07. The molecule has 15 heavy (non-hydrogen) atoms. The molecule has 0 aliphatic rings. The fraction of sp³-hybridized carbons (Fsp3) is 0. The maximum atomic E-state index is 11.4. The van der Waals surface area contributed by atoms with Gasteiger partial charge in [-0.2, -0.15) is 0 Å². The van der Waals surface area contributed by atoms with Crippen molar-refractivity contribution < 1.29 is 0 Å². The number of rotatable bonds is 1. The van der Waals surface area contributed by atoms with E-state index >= 15 is 0 Å². The van der Waals surface area contributed by atoms with E-state index in [9.17, 15) is 4.79 Å². The smallest absolute Gasteiger partial charge is 0.271 e. The molecule has 1 aromatic heterocycles. The summed E-state index contributed by atoms with van der Waals surface area (Å²) in [5, 5.41) is 6.67. The van der Waals surface area contributed by atoms with Crippen LogP contribution in [0.4, 0.5) is 0 Å². The van der Waals surface area contributed by atoms with E-state index in [0.29, 0.717) is 5.22 Å². The van der Waals surface area contributed by atoms with Gasteiger partial charge in [-0.15, -0.1) is 0 Å². The molecule has 1 heterocycles. The van der Waals surface area contributed by atoms with Crippen LogP contribution in [0.25, 0.3) is 11.1 Å². The second kappa shape index (κ2) is 4.31. The first-order valence-corrected chi connectivity index (χ1v) is 5.36. The van der Waals surface area contributed by atoms with Crippen molar-refractivity contribution in [3.8, 4) is 0 Å². The lowest BCUT2D eigenvalue weighted by molar-refractivity contribution is 1.04. The maximum absolute atomic E-state index is 11.4. The lowest BCUT2D eigenvalue weighted by Crippen LogP contribution is -2.32. The van der Waals surface area contributed by atoms with Gasteiger partial charge in [-0.3, -0.25) is 15.0 Å². The molecule has 0 saturated heterocycles. The number of nitrogens with one attached hydrogen (secondary N) is 2. The SMILES string of the molecule is O=c1[nH][nH]c(=C\Br)/c1=C/c1ccccc1. The molecule has 1 aromatic carbocycles. The Balaban J connectivity index is 2.70. The van der Waals surface area contributed by atoms with Crippen LogP contribution in [0.3, 0.4) is 0 Å². The summed E-state index contributed by atoms with van der Waals surface area (Å²) < 4.78 is 0. The quantitative estimate of drug-likeness (QED) is 0.782. The molecule has 0 radical (unpaired) electrons. The zero-order valence-electron chi connectivity index (χ0n) is 7.83. The third-order valence-electron chi connectivity index (χ3n) is 2.07. The number of aromatic nitrogens is 2. The van der Waals surface area contributed by atoms with Crippen LogP contribution in [0.1, 0.15) is 5.56 Å². The summed E-state index contributed by atoms with van der Waals surface area (Å²) in [6, 6.07) is 9.71. The minimum Gasteiger partial charge on any atom is -0.297 e. The molecular weight excluding hydrogens is 256 g/mol. The summed E-state index contributed by atoms with van der Waals surface area (Å²) in [5.41, 5.74) is 0.878. The van der Waals surface area contributed by atoms with Gasteiger partial charge in [0.05, 0.1) is 10.6 Å². The van der Waals surface area contributed by atoms with Gasteiger partial charge < -0.3 is 0 Å². The molecule has 0 saturated carbocycles. The minimum absolute atomic E-state index is 0.121. The monoisotopic (exact) mass is 264 g/mol. The van der Waals surface area contributed by atoms with Crippen LogP contribution < -0.4 is 16.1 Å². The van der Waals surface area contributed by atoms with Crippen molar-refractivity contribution in [3.63, 3.8) is 0 Å². The first-order valence-electron chi connectivity index (χ1n) is 4.45. The van der Waals surface area contributed by atoms with E-state index in [1.54, 1.807) is 4.99 Å². The molecule has 2 rings (SSSR count). The fourth-order valence-corrected chi connectivity index (χ4v) is 1.69. The molecular formula is C11H9BrN2O. The Morgan fingerprint density at radius 3 is 2.53 bits per heavy atom. The number of aromatic amines is 2. The fourth-order valence-electron chi connectivity index (χ4n) is 1.33. The van der Waals surface area contributed by atoms with E-state index in [-0.39, 0.29) is 5.56 Å². The second-order valence-corrected chi connectivity index (χ2v) is 3.53. The summed E-state index contributed by atoms with van der Waals surface area (Å²) in [4.78, 5) is 13.1. The van der Waals surface area contributed by atoms with Crippen molar-refractivity contribution in [2.75, 3.05) is 0 Å². The summed E-state index contributed by atoms with van der Waals surface area (Å²) in [5.74, 6) is 0. The van der Waals surface area contributed by atoms with Gasteiger partial charge in [-0.05, 0) is 11.6 Å². The predicted octanol–water partition coefficient (Wildman–Crippen LogP) is 0.665. The topological polar surface area (TPSA) is 48.6 Å². The number of benzene rings is 1. The molecule has 2 aromatic rings. The van der Waals surface area contributed by atoms with Crippen LogP contribution in [0.15, 0.2) is 35.1 Å². The van der Waals surface area contributed by atoms with Crippen molar-refractivity contribution >= 4 is 27.0 Å². The third-order valence-corrected chi connectivity index (χ3v) is 2.52. The Hall–Kier alpha value is -1.55. The van der Waals surface area contributed by atoms with E-state index in [2.05, 4.69) is 26.1 Å². The summed E-state index contributed by atoms with van der Waals surface area (Å²) in [7, 11) is 0. The van der Waals surface area contributed by atoms with Gasteiger partial charge in [0.1, 0.15) is 0 Å². The number of hydrogen-bond donors (Lipinski definition) is 2. The van der Waals surface area contributed by atoms with Gasteiger partial charge in [0, 0.05) is 4.99 Å². The minimum atomic E-state index is -0.121. The molecule has 76 valence electrons. The van der Waals surface area contributed by atoms with Crippen molar-refractivity contribution in [3.05, 3.63) is 56.8 Å². The van der Waals surface area contributed by atoms with E-state index in [0.717, 1.165) is 10.9 Å². The summed E-state index contributed by atoms with van der Waals surface area (Å²) >= 11 is 3.20. The highest BCUT2D eigenvalue weighted by Crippen LogP contribution is 1.97. The van der Waals surface area contributed by atoms with Gasteiger partial charge >= 0.3 is 0 Å². The first-order chi connectivity index (χ1) is 7.31. The molecule has 0 unspecified atom stereocenters. The van der Waals surface area contributed by atoms with Crippen LogP contribution >= 0.6 is 15.9 Å². The molecule has 3 nitrogen and oxygen atoms in total. The van der Waals surface area contributed by atoms with Gasteiger partial charge in [0.2, 0.25) is 0 Å². The summed E-state index contributed by atoms with van der Waals surface area (Å²) in [6.45, 7) is 0. The maximum Gasteiger partial charge on any atom is 0.271 e. The highest BCUT2D eigenvalue weighted by Gasteiger charge is 1.93. The highest BCUT2D eigenvalue weighted by atomic mass is 79.9. The Kier molecular flexibility index (Phi) is 2.87. The predicted molar refractivity (Wildman–Crippen MR) is 64.1 cm³/mol. The molecule has 4 heteroatoms. The molecule has 0 spiro atoms. The lowest BCUT2D eigenvalue weighted by Gasteiger charge is -1.88. The zero-order valence-corrected chi connectivity index (χ0v) is 9.41. The van der Waals surface area contributed by atoms with Crippen molar-refractivity contribution in [2.45, 2.75) is 0 Å². The van der Waals surface area contributed by atoms with Crippen LogP contribution in [-0.2, 0) is 0 Å². The van der Waals surface area contributed by atoms with Crippen LogP contribution in [-0.4, -0.2) is 10.2 Å². The average molecular weight is 265 g/mol. The molecule has 0 bridgehead atoms. The third kappa shape index (κ3) is 2.10. The molecule has 0 aliphatic carbocycles. The highest BCUT2D eigenvalue weighted by molar-refractivity contribution is 9.14. The van der Waals surface area contributed by atoms with E-state index < -0.39 is 0 Å². The molecule has 2 N–H and O–H groups in total. The Morgan fingerprint density at radius 1 is 1.13 bits per heavy atom. The summed E-state index contributed by atoms with van der Waals surface area (Å²) in [6.07, 6.45) is 1.84. The number of H-pyrrole nitrogens is 2.